The second-order valence-corrected chi connectivity index (χ2v) is 6.71. The van der Waals surface area contributed by atoms with Crippen LogP contribution in [0.5, 0.6) is 0 Å². The van der Waals surface area contributed by atoms with E-state index in [-0.39, 0.29) is 4.90 Å². The van der Waals surface area contributed by atoms with E-state index in [0.29, 0.717) is 17.9 Å². The van der Waals surface area contributed by atoms with E-state index in [1.807, 2.05) is 24.3 Å². The van der Waals surface area contributed by atoms with Crippen LogP contribution < -0.4 is 10.5 Å². The minimum absolute atomic E-state index is 0.245. The van der Waals surface area contributed by atoms with Gasteiger partial charge in [-0.15, -0.1) is 0 Å². The van der Waals surface area contributed by atoms with Crippen LogP contribution in [0.2, 0.25) is 0 Å². The lowest BCUT2D eigenvalue weighted by Crippen LogP contribution is -2.26. The van der Waals surface area contributed by atoms with E-state index in [0.717, 1.165) is 24.1 Å². The van der Waals surface area contributed by atoms with Gasteiger partial charge in [0.15, 0.2) is 0 Å². The Morgan fingerprint density at radius 3 is 2.48 bits per heavy atom. The molecule has 21 heavy (non-hydrogen) atoms. The van der Waals surface area contributed by atoms with Gasteiger partial charge >= 0.3 is 0 Å². The molecule has 2 aromatic rings. The highest BCUT2D eigenvalue weighted by Gasteiger charge is 2.21. The molecule has 0 aliphatic heterocycles. The summed E-state index contributed by atoms with van der Waals surface area (Å²) in [6.45, 7) is 3.76. The molecule has 0 aliphatic rings. The molecular formula is C14H20N4O2S. The Bertz CT molecular complexity index is 686. The molecule has 0 unspecified atom stereocenters. The summed E-state index contributed by atoms with van der Waals surface area (Å²) in [5.74, 6) is 0. The van der Waals surface area contributed by atoms with E-state index in [2.05, 4.69) is 14.9 Å². The summed E-state index contributed by atoms with van der Waals surface area (Å²) in [4.78, 5) is 0.245. The maximum absolute atomic E-state index is 12.2. The predicted octanol–water partition coefficient (Wildman–Crippen LogP) is 1.52. The van der Waals surface area contributed by atoms with E-state index < -0.39 is 10.0 Å². The van der Waals surface area contributed by atoms with Crippen LogP contribution in [0.25, 0.3) is 0 Å². The third-order valence-electron chi connectivity index (χ3n) is 3.24. The average molecular weight is 308 g/mol. The van der Waals surface area contributed by atoms with Gasteiger partial charge in [-0.05, 0) is 44.4 Å². The lowest BCUT2D eigenvalue weighted by Gasteiger charge is -2.07. The molecule has 1 heterocycles. The van der Waals surface area contributed by atoms with Crippen LogP contribution in [0.1, 0.15) is 23.4 Å². The molecule has 114 valence electrons. The summed E-state index contributed by atoms with van der Waals surface area (Å²) in [6, 6.07) is 7.60. The number of nitrogens with two attached hydrogens (primary N) is 1. The number of nitrogens with zero attached hydrogens (tertiary/aromatic N) is 1. The zero-order valence-corrected chi connectivity index (χ0v) is 13.0. The molecule has 0 radical (unpaired) electrons. The third kappa shape index (κ3) is 3.83. The number of benzene rings is 1. The minimum atomic E-state index is -3.50. The van der Waals surface area contributed by atoms with Gasteiger partial charge in [0.25, 0.3) is 0 Å². The van der Waals surface area contributed by atoms with Crippen molar-refractivity contribution in [2.24, 2.45) is 0 Å². The van der Waals surface area contributed by atoms with Crippen LogP contribution in [0.3, 0.4) is 0 Å². The number of anilines is 1. The van der Waals surface area contributed by atoms with E-state index in [4.69, 9.17) is 5.73 Å². The maximum Gasteiger partial charge on any atom is 0.244 e. The monoisotopic (exact) mass is 308 g/mol. The lowest BCUT2D eigenvalue weighted by atomic mass is 10.1. The Morgan fingerprint density at radius 1 is 1.24 bits per heavy atom. The van der Waals surface area contributed by atoms with Crippen LogP contribution >= 0.6 is 0 Å². The highest BCUT2D eigenvalue weighted by molar-refractivity contribution is 7.89. The number of hydrogen-bond acceptors (Lipinski definition) is 4. The van der Waals surface area contributed by atoms with Crippen LogP contribution in [0.15, 0.2) is 29.2 Å². The fraction of sp³-hybridized carbons (Fsp3) is 0.357. The first-order chi connectivity index (χ1) is 9.90. The number of aromatic nitrogens is 2. The maximum atomic E-state index is 12.2. The fourth-order valence-electron chi connectivity index (χ4n) is 2.19. The molecule has 7 heteroatoms. The number of nitrogen functional groups attached to an aromatic ring is 1. The van der Waals surface area contributed by atoms with E-state index >= 15 is 0 Å². The molecule has 6 nitrogen and oxygen atoms in total. The SMILES string of the molecule is Cc1n[nH]c(C)c1S(=O)(=O)NCCCc1ccc(N)cc1. The van der Waals surface area contributed by atoms with Crippen LogP contribution in [-0.4, -0.2) is 25.2 Å². The average Bonchev–Trinajstić information content (AvgIpc) is 2.77. The number of H-pyrrole nitrogens is 1. The predicted molar refractivity (Wildman–Crippen MR) is 82.4 cm³/mol. The molecule has 0 saturated heterocycles. The molecule has 0 bridgehead atoms. The Labute approximate surface area is 124 Å². The van der Waals surface area contributed by atoms with Crippen LogP contribution in [-0.2, 0) is 16.4 Å². The highest BCUT2D eigenvalue weighted by Crippen LogP contribution is 2.16. The summed E-state index contributed by atoms with van der Waals surface area (Å²) >= 11 is 0. The van der Waals surface area contributed by atoms with Gasteiger partial charge in [-0.1, -0.05) is 12.1 Å². The van der Waals surface area contributed by atoms with Crippen molar-refractivity contribution in [1.29, 1.82) is 0 Å². The minimum Gasteiger partial charge on any atom is -0.399 e. The van der Waals surface area contributed by atoms with E-state index in [1.165, 1.54) is 0 Å². The molecule has 0 spiro atoms. The van der Waals surface area contributed by atoms with Crippen molar-refractivity contribution in [3.8, 4) is 0 Å². The molecule has 1 aromatic carbocycles. The lowest BCUT2D eigenvalue weighted by molar-refractivity contribution is 0.578. The summed E-state index contributed by atoms with van der Waals surface area (Å²) in [7, 11) is -3.50. The quantitative estimate of drug-likeness (QED) is 0.556. The zero-order valence-electron chi connectivity index (χ0n) is 12.2. The fourth-order valence-corrected chi connectivity index (χ4v) is 3.63. The van der Waals surface area contributed by atoms with Crippen molar-refractivity contribution in [2.45, 2.75) is 31.6 Å². The molecule has 0 fully saturated rings. The number of aryl methyl sites for hydroxylation is 3. The molecule has 4 N–H and O–H groups in total. The van der Waals surface area contributed by atoms with Gasteiger partial charge in [0.05, 0.1) is 11.4 Å². The van der Waals surface area contributed by atoms with Crippen molar-refractivity contribution >= 4 is 15.7 Å². The van der Waals surface area contributed by atoms with Gasteiger partial charge in [-0.2, -0.15) is 5.10 Å². The van der Waals surface area contributed by atoms with Gasteiger partial charge in [-0.3, -0.25) is 5.10 Å². The molecule has 2 rings (SSSR count). The van der Waals surface area contributed by atoms with Crippen molar-refractivity contribution in [2.75, 3.05) is 12.3 Å². The number of sulfonamides is 1. The van der Waals surface area contributed by atoms with Crippen molar-refractivity contribution < 1.29 is 8.42 Å². The molecule has 0 atom stereocenters. The summed E-state index contributed by atoms with van der Waals surface area (Å²) in [5, 5.41) is 6.59. The van der Waals surface area contributed by atoms with Gasteiger partial charge in [-0.25, -0.2) is 13.1 Å². The highest BCUT2D eigenvalue weighted by atomic mass is 32.2. The van der Waals surface area contributed by atoms with Crippen molar-refractivity contribution in [3.63, 3.8) is 0 Å². The van der Waals surface area contributed by atoms with Gasteiger partial charge < -0.3 is 5.73 Å². The topological polar surface area (TPSA) is 101 Å². The Morgan fingerprint density at radius 2 is 1.90 bits per heavy atom. The summed E-state index contributed by atoms with van der Waals surface area (Å²) < 4.78 is 27.0. The smallest absolute Gasteiger partial charge is 0.244 e. The van der Waals surface area contributed by atoms with Crippen molar-refractivity contribution in [1.82, 2.24) is 14.9 Å². The first-order valence-corrected chi connectivity index (χ1v) is 8.24. The zero-order chi connectivity index (χ0) is 15.5. The van der Waals surface area contributed by atoms with Crippen LogP contribution in [0, 0.1) is 13.8 Å². The normalized spacial score (nSPS) is 11.7. The first-order valence-electron chi connectivity index (χ1n) is 6.76. The second-order valence-electron chi connectivity index (χ2n) is 5.01. The van der Waals surface area contributed by atoms with Gasteiger partial charge in [0, 0.05) is 12.2 Å². The summed E-state index contributed by atoms with van der Waals surface area (Å²) in [5.41, 5.74) is 8.52. The molecule has 0 saturated carbocycles. The van der Waals surface area contributed by atoms with E-state index in [9.17, 15) is 8.42 Å². The molecule has 1 aromatic heterocycles. The Hall–Kier alpha value is -1.86. The van der Waals surface area contributed by atoms with Crippen molar-refractivity contribution in [3.05, 3.63) is 41.2 Å². The number of nitrogens with one attached hydrogen (secondary N) is 2. The summed E-state index contributed by atoms with van der Waals surface area (Å²) in [6.07, 6.45) is 1.52. The Balaban J connectivity index is 1.90. The number of aromatic amines is 1. The Kier molecular flexibility index (Phi) is 4.64. The first kappa shape index (κ1) is 15.5. The standard InChI is InChI=1S/C14H20N4O2S/c1-10-14(11(2)18-17-10)21(19,20)16-9-3-4-12-5-7-13(15)8-6-12/h5-8,16H,3-4,9,15H2,1-2H3,(H,17,18). The largest absolute Gasteiger partial charge is 0.399 e. The molecular weight excluding hydrogens is 288 g/mol. The molecule has 0 aliphatic carbocycles. The number of hydrogen-bond donors (Lipinski definition) is 3. The third-order valence-corrected chi connectivity index (χ3v) is 4.97. The van der Waals surface area contributed by atoms with Gasteiger partial charge in [0.1, 0.15) is 4.90 Å². The molecule has 0 amide bonds. The van der Waals surface area contributed by atoms with Gasteiger partial charge in [0.2, 0.25) is 10.0 Å². The second kappa shape index (κ2) is 6.28. The number of rotatable bonds is 6. The van der Waals surface area contributed by atoms with E-state index in [1.54, 1.807) is 13.8 Å². The van der Waals surface area contributed by atoms with Crippen LogP contribution in [0.4, 0.5) is 5.69 Å².